The third kappa shape index (κ3) is 3.71. The molecule has 2 aromatic rings. The quantitative estimate of drug-likeness (QED) is 0.837. The van der Waals surface area contributed by atoms with Crippen LogP contribution in [0.25, 0.3) is 0 Å². The number of nitrogens with zero attached hydrogens (tertiary/aromatic N) is 1. The van der Waals surface area contributed by atoms with Gasteiger partial charge >= 0.3 is 0 Å². The minimum atomic E-state index is 0.366. The van der Waals surface area contributed by atoms with Gasteiger partial charge in [-0.2, -0.15) is 0 Å². The van der Waals surface area contributed by atoms with Gasteiger partial charge < -0.3 is 9.73 Å². The molecule has 1 N–H and O–H groups in total. The first-order chi connectivity index (χ1) is 9.72. The van der Waals surface area contributed by atoms with Crippen LogP contribution in [0.2, 0.25) is 0 Å². The van der Waals surface area contributed by atoms with E-state index in [4.69, 9.17) is 4.42 Å². The van der Waals surface area contributed by atoms with Crippen LogP contribution in [0.1, 0.15) is 29.9 Å². The van der Waals surface area contributed by atoms with Crippen LogP contribution in [0.5, 0.6) is 0 Å². The van der Waals surface area contributed by atoms with Crippen molar-refractivity contribution in [1.82, 2.24) is 10.2 Å². The van der Waals surface area contributed by atoms with Crippen molar-refractivity contribution in [2.24, 2.45) is 0 Å². The third-order valence-electron chi connectivity index (χ3n) is 3.69. The molecule has 0 spiro atoms. The predicted octanol–water partition coefficient (Wildman–Crippen LogP) is 3.37. The molecule has 1 atom stereocenters. The number of rotatable bonds is 7. The summed E-state index contributed by atoms with van der Waals surface area (Å²) in [4.78, 5) is 2.37. The molecule has 3 nitrogen and oxygen atoms in total. The van der Waals surface area contributed by atoms with Crippen molar-refractivity contribution in [2.75, 3.05) is 20.1 Å². The van der Waals surface area contributed by atoms with Gasteiger partial charge in [0.1, 0.15) is 5.76 Å². The number of benzene rings is 1. The average Bonchev–Trinajstić information content (AvgIpc) is 2.86. The number of aryl methyl sites for hydroxylation is 1. The van der Waals surface area contributed by atoms with Crippen LogP contribution in [-0.2, 0) is 6.54 Å². The van der Waals surface area contributed by atoms with Gasteiger partial charge in [-0.1, -0.05) is 37.3 Å². The largest absolute Gasteiger partial charge is 0.469 e. The number of furan rings is 1. The van der Waals surface area contributed by atoms with E-state index in [1.54, 1.807) is 6.26 Å². The Balaban J connectivity index is 2.12. The number of hydrogen-bond acceptors (Lipinski definition) is 3. The molecule has 0 saturated heterocycles. The highest BCUT2D eigenvalue weighted by atomic mass is 16.3. The lowest BCUT2D eigenvalue weighted by Gasteiger charge is -2.28. The molecule has 0 fully saturated rings. The standard InChI is InChI=1S/C17H24N2O/c1-4-18-12-17(15-8-6-5-7-9-15)19(3)13-16-10-11-20-14(16)2/h5-11,17-18H,4,12-13H2,1-3H3. The van der Waals surface area contributed by atoms with Crippen molar-refractivity contribution < 1.29 is 4.42 Å². The van der Waals surface area contributed by atoms with E-state index in [9.17, 15) is 0 Å². The molecule has 0 radical (unpaired) electrons. The zero-order valence-corrected chi connectivity index (χ0v) is 12.6. The van der Waals surface area contributed by atoms with Gasteiger partial charge in [0, 0.05) is 24.7 Å². The van der Waals surface area contributed by atoms with E-state index < -0.39 is 0 Å². The highest BCUT2D eigenvalue weighted by Gasteiger charge is 2.17. The Morgan fingerprint density at radius 1 is 1.20 bits per heavy atom. The topological polar surface area (TPSA) is 28.4 Å². The van der Waals surface area contributed by atoms with E-state index in [-0.39, 0.29) is 0 Å². The van der Waals surface area contributed by atoms with E-state index in [0.717, 1.165) is 25.4 Å². The fourth-order valence-corrected chi connectivity index (χ4v) is 2.44. The normalized spacial score (nSPS) is 12.8. The van der Waals surface area contributed by atoms with Crippen molar-refractivity contribution in [1.29, 1.82) is 0 Å². The molecule has 3 heteroatoms. The summed E-state index contributed by atoms with van der Waals surface area (Å²) in [6.45, 7) is 7.00. The van der Waals surface area contributed by atoms with Crippen molar-refractivity contribution >= 4 is 0 Å². The first-order valence-corrected chi connectivity index (χ1v) is 7.21. The molecule has 20 heavy (non-hydrogen) atoms. The van der Waals surface area contributed by atoms with E-state index >= 15 is 0 Å². The van der Waals surface area contributed by atoms with Gasteiger partial charge in [0.2, 0.25) is 0 Å². The summed E-state index contributed by atoms with van der Waals surface area (Å²) in [7, 11) is 2.17. The molecular formula is C17H24N2O. The molecule has 0 aliphatic rings. The molecule has 1 aromatic heterocycles. The maximum absolute atomic E-state index is 5.39. The van der Waals surface area contributed by atoms with E-state index in [0.29, 0.717) is 6.04 Å². The molecule has 0 amide bonds. The lowest BCUT2D eigenvalue weighted by molar-refractivity contribution is 0.229. The number of likely N-dealkylation sites (N-methyl/N-ethyl adjacent to an activating group) is 2. The SMILES string of the molecule is CCNCC(c1ccccc1)N(C)Cc1ccoc1C. The zero-order valence-electron chi connectivity index (χ0n) is 12.6. The Kier molecular flexibility index (Phi) is 5.39. The maximum atomic E-state index is 5.39. The molecule has 0 saturated carbocycles. The van der Waals surface area contributed by atoms with Gasteiger partial charge in [-0.25, -0.2) is 0 Å². The van der Waals surface area contributed by atoms with Crippen LogP contribution < -0.4 is 5.32 Å². The molecule has 108 valence electrons. The van der Waals surface area contributed by atoms with Gasteiger partial charge in [-0.05, 0) is 32.1 Å². The summed E-state index contributed by atoms with van der Waals surface area (Å²) >= 11 is 0. The van der Waals surface area contributed by atoms with Crippen LogP contribution in [0.3, 0.4) is 0 Å². The molecular weight excluding hydrogens is 248 g/mol. The van der Waals surface area contributed by atoms with Crippen molar-refractivity contribution in [2.45, 2.75) is 26.4 Å². The summed E-state index contributed by atoms with van der Waals surface area (Å²) in [5.74, 6) is 1.01. The lowest BCUT2D eigenvalue weighted by atomic mass is 10.0. The second-order valence-electron chi connectivity index (χ2n) is 5.15. The number of nitrogens with one attached hydrogen (secondary N) is 1. The van der Waals surface area contributed by atoms with Crippen LogP contribution in [0.15, 0.2) is 47.1 Å². The number of hydrogen-bond donors (Lipinski definition) is 1. The van der Waals surface area contributed by atoms with E-state index in [1.165, 1.54) is 11.1 Å². The molecule has 1 aromatic carbocycles. The first-order valence-electron chi connectivity index (χ1n) is 7.21. The fraction of sp³-hybridized carbons (Fsp3) is 0.412. The summed E-state index contributed by atoms with van der Waals surface area (Å²) in [5.41, 5.74) is 2.60. The van der Waals surface area contributed by atoms with Crippen LogP contribution >= 0.6 is 0 Å². The first kappa shape index (κ1) is 14.8. The van der Waals surface area contributed by atoms with Crippen LogP contribution in [0.4, 0.5) is 0 Å². The second kappa shape index (κ2) is 7.27. The minimum Gasteiger partial charge on any atom is -0.469 e. The average molecular weight is 272 g/mol. The van der Waals surface area contributed by atoms with Crippen LogP contribution in [-0.4, -0.2) is 25.0 Å². The van der Waals surface area contributed by atoms with E-state index in [1.807, 2.05) is 6.92 Å². The summed E-state index contributed by atoms with van der Waals surface area (Å²) in [6, 6.07) is 13.1. The predicted molar refractivity (Wildman–Crippen MR) is 82.6 cm³/mol. The van der Waals surface area contributed by atoms with E-state index in [2.05, 4.69) is 60.6 Å². The van der Waals surface area contributed by atoms with Gasteiger partial charge in [0.25, 0.3) is 0 Å². The molecule has 0 bridgehead atoms. The third-order valence-corrected chi connectivity index (χ3v) is 3.69. The molecule has 0 aliphatic carbocycles. The highest BCUT2D eigenvalue weighted by molar-refractivity contribution is 5.21. The van der Waals surface area contributed by atoms with Gasteiger partial charge in [-0.3, -0.25) is 4.90 Å². The minimum absolute atomic E-state index is 0.366. The molecule has 1 heterocycles. The van der Waals surface area contributed by atoms with Gasteiger partial charge in [-0.15, -0.1) is 0 Å². The van der Waals surface area contributed by atoms with Crippen LogP contribution in [0, 0.1) is 6.92 Å². The lowest BCUT2D eigenvalue weighted by Crippen LogP contribution is -2.33. The van der Waals surface area contributed by atoms with Gasteiger partial charge in [0.05, 0.1) is 6.26 Å². The Bertz CT molecular complexity index is 507. The fourth-order valence-electron chi connectivity index (χ4n) is 2.44. The smallest absolute Gasteiger partial charge is 0.105 e. The summed E-state index contributed by atoms with van der Waals surface area (Å²) in [6.07, 6.45) is 1.76. The van der Waals surface area contributed by atoms with Crippen molar-refractivity contribution in [3.8, 4) is 0 Å². The Morgan fingerprint density at radius 2 is 1.95 bits per heavy atom. The van der Waals surface area contributed by atoms with Crippen molar-refractivity contribution in [3.63, 3.8) is 0 Å². The second-order valence-corrected chi connectivity index (χ2v) is 5.15. The maximum Gasteiger partial charge on any atom is 0.105 e. The molecule has 0 aliphatic heterocycles. The Morgan fingerprint density at radius 3 is 2.55 bits per heavy atom. The highest BCUT2D eigenvalue weighted by Crippen LogP contribution is 2.22. The Labute approximate surface area is 121 Å². The molecule has 2 rings (SSSR count). The molecule has 1 unspecified atom stereocenters. The Hall–Kier alpha value is -1.58. The van der Waals surface area contributed by atoms with Crippen molar-refractivity contribution in [3.05, 3.63) is 59.5 Å². The summed E-state index contributed by atoms with van der Waals surface area (Å²) in [5, 5.41) is 3.46. The monoisotopic (exact) mass is 272 g/mol. The summed E-state index contributed by atoms with van der Waals surface area (Å²) < 4.78 is 5.39. The van der Waals surface area contributed by atoms with Gasteiger partial charge in [0.15, 0.2) is 0 Å². The zero-order chi connectivity index (χ0) is 14.4.